The number of aromatic nitrogens is 3. The third-order valence-electron chi connectivity index (χ3n) is 6.09. The van der Waals surface area contributed by atoms with Crippen molar-refractivity contribution in [2.45, 2.75) is 26.2 Å². The third-order valence-corrected chi connectivity index (χ3v) is 6.09. The standard InChI is InChI=1S/C28H29N5O4/c1-17-23(27(34)36-3)25(21-7-4-12-32-26(21)29)24(18(2)33-17)28(35)37-15-5-6-19-8-10-20(11-9-19)16-22-30-13-14-31-22/h4-14,25,33H,15-16H2,1-3H3,(H2,29,32)(H,30,31). The Bertz CT molecular complexity index is 1370. The number of hydrogen-bond donors (Lipinski definition) is 3. The molecule has 1 aliphatic rings. The maximum atomic E-state index is 13.3. The van der Waals surface area contributed by atoms with Crippen LogP contribution in [0.25, 0.3) is 6.08 Å². The zero-order valence-electron chi connectivity index (χ0n) is 20.9. The molecule has 1 aromatic carbocycles. The molecule has 0 amide bonds. The van der Waals surface area contributed by atoms with Crippen molar-refractivity contribution in [1.82, 2.24) is 20.3 Å². The van der Waals surface area contributed by atoms with Gasteiger partial charge in [0.15, 0.2) is 0 Å². The number of anilines is 1. The Kier molecular flexibility index (Phi) is 7.83. The highest BCUT2D eigenvalue weighted by molar-refractivity contribution is 6.00. The fraction of sp³-hybridized carbons (Fsp3) is 0.214. The quantitative estimate of drug-likeness (QED) is 0.400. The number of aromatic amines is 1. The molecule has 0 radical (unpaired) electrons. The second-order valence-corrected chi connectivity index (χ2v) is 8.56. The highest BCUT2D eigenvalue weighted by Crippen LogP contribution is 2.40. The summed E-state index contributed by atoms with van der Waals surface area (Å²) in [7, 11) is 1.30. The molecule has 37 heavy (non-hydrogen) atoms. The van der Waals surface area contributed by atoms with Crippen molar-refractivity contribution >= 4 is 23.8 Å². The lowest BCUT2D eigenvalue weighted by molar-refractivity contribution is -0.138. The van der Waals surface area contributed by atoms with Crippen LogP contribution in [0.1, 0.15) is 42.3 Å². The van der Waals surface area contributed by atoms with Crippen LogP contribution in [0.15, 0.2) is 83.6 Å². The van der Waals surface area contributed by atoms with E-state index >= 15 is 0 Å². The van der Waals surface area contributed by atoms with Gasteiger partial charge in [0.1, 0.15) is 18.2 Å². The van der Waals surface area contributed by atoms with Gasteiger partial charge in [-0.2, -0.15) is 0 Å². The minimum absolute atomic E-state index is 0.0508. The molecular weight excluding hydrogens is 470 g/mol. The van der Waals surface area contributed by atoms with E-state index in [4.69, 9.17) is 15.2 Å². The van der Waals surface area contributed by atoms with E-state index in [1.807, 2.05) is 30.3 Å². The number of dihydropyridines is 1. The second kappa shape index (κ2) is 11.4. The van der Waals surface area contributed by atoms with Gasteiger partial charge in [-0.05, 0) is 37.1 Å². The van der Waals surface area contributed by atoms with Crippen LogP contribution in [0, 0.1) is 0 Å². The summed E-state index contributed by atoms with van der Waals surface area (Å²) >= 11 is 0. The molecule has 9 heteroatoms. The molecule has 2 aromatic heterocycles. The average molecular weight is 500 g/mol. The molecule has 1 atom stereocenters. The molecule has 0 bridgehead atoms. The summed E-state index contributed by atoms with van der Waals surface area (Å²) in [5.74, 6) is -0.779. The molecule has 0 aliphatic carbocycles. The smallest absolute Gasteiger partial charge is 0.337 e. The van der Waals surface area contributed by atoms with E-state index in [-0.39, 0.29) is 23.6 Å². The fourth-order valence-corrected chi connectivity index (χ4v) is 4.35. The number of allylic oxidation sites excluding steroid dienone is 2. The lowest BCUT2D eigenvalue weighted by Gasteiger charge is -2.30. The van der Waals surface area contributed by atoms with Crippen LogP contribution in [-0.2, 0) is 25.5 Å². The largest absolute Gasteiger partial charge is 0.466 e. The number of pyridine rings is 1. The average Bonchev–Trinajstić information content (AvgIpc) is 3.40. The zero-order valence-corrected chi connectivity index (χ0v) is 20.9. The summed E-state index contributed by atoms with van der Waals surface area (Å²) < 4.78 is 10.6. The Balaban J connectivity index is 1.48. The molecule has 9 nitrogen and oxygen atoms in total. The summed E-state index contributed by atoms with van der Waals surface area (Å²) in [5, 5.41) is 3.10. The maximum absolute atomic E-state index is 13.3. The van der Waals surface area contributed by atoms with Crippen molar-refractivity contribution < 1.29 is 19.1 Å². The van der Waals surface area contributed by atoms with Crippen molar-refractivity contribution in [3.05, 3.63) is 106 Å². The van der Waals surface area contributed by atoms with Crippen molar-refractivity contribution in [1.29, 1.82) is 0 Å². The first-order valence-electron chi connectivity index (χ1n) is 11.8. The zero-order chi connectivity index (χ0) is 26.4. The number of carbonyl (C=O) groups excluding carboxylic acids is 2. The molecular formula is C28H29N5O4. The molecule has 0 saturated carbocycles. The predicted octanol–water partition coefficient (Wildman–Crippen LogP) is 3.64. The minimum atomic E-state index is -0.777. The Labute approximate surface area is 215 Å². The van der Waals surface area contributed by atoms with Gasteiger partial charge in [-0.25, -0.2) is 19.6 Å². The molecule has 1 unspecified atom stereocenters. The number of nitrogens with one attached hydrogen (secondary N) is 2. The normalized spacial score (nSPS) is 15.6. The molecule has 4 N–H and O–H groups in total. The van der Waals surface area contributed by atoms with Crippen LogP contribution in [0.3, 0.4) is 0 Å². The summed E-state index contributed by atoms with van der Waals surface area (Å²) in [4.78, 5) is 37.5. The first-order chi connectivity index (χ1) is 17.9. The van der Waals surface area contributed by atoms with Crippen LogP contribution < -0.4 is 11.1 Å². The number of imidazole rings is 1. The van der Waals surface area contributed by atoms with Crippen LogP contribution in [-0.4, -0.2) is 40.6 Å². The molecule has 3 aromatic rings. The monoisotopic (exact) mass is 499 g/mol. The third kappa shape index (κ3) is 5.78. The number of nitrogens with zero attached hydrogens (tertiary/aromatic N) is 2. The van der Waals surface area contributed by atoms with E-state index < -0.39 is 17.9 Å². The molecule has 3 heterocycles. The Hall–Kier alpha value is -4.66. The van der Waals surface area contributed by atoms with Gasteiger partial charge in [0.25, 0.3) is 0 Å². The number of methoxy groups -OCH3 is 1. The Morgan fingerprint density at radius 1 is 1.03 bits per heavy atom. The first kappa shape index (κ1) is 25.4. The molecule has 1 aliphatic heterocycles. The molecule has 0 saturated heterocycles. The predicted molar refractivity (Wildman–Crippen MR) is 140 cm³/mol. The molecule has 4 rings (SSSR count). The van der Waals surface area contributed by atoms with Gasteiger partial charge in [-0.15, -0.1) is 0 Å². The van der Waals surface area contributed by atoms with Gasteiger partial charge < -0.3 is 25.5 Å². The number of nitrogens with two attached hydrogens (primary N) is 1. The van der Waals surface area contributed by atoms with Crippen molar-refractivity contribution in [3.63, 3.8) is 0 Å². The minimum Gasteiger partial charge on any atom is -0.466 e. The topological polar surface area (TPSA) is 132 Å². The number of H-pyrrole nitrogens is 1. The van der Waals surface area contributed by atoms with E-state index in [9.17, 15) is 9.59 Å². The molecule has 190 valence electrons. The summed E-state index contributed by atoms with van der Waals surface area (Å²) in [6, 6.07) is 11.5. The van der Waals surface area contributed by atoms with Gasteiger partial charge in [0.2, 0.25) is 0 Å². The summed E-state index contributed by atoms with van der Waals surface area (Å²) in [5.41, 5.74) is 10.5. The van der Waals surface area contributed by atoms with E-state index in [0.717, 1.165) is 23.4 Å². The molecule has 0 fully saturated rings. The SMILES string of the molecule is COC(=O)C1=C(C)NC(C)=C(C(=O)OCC=Cc2ccc(Cc3ncc[nH]3)cc2)C1c1cccnc1N. The van der Waals surface area contributed by atoms with E-state index in [2.05, 4.69) is 20.3 Å². The highest BCUT2D eigenvalue weighted by Gasteiger charge is 2.38. The van der Waals surface area contributed by atoms with Gasteiger partial charge >= 0.3 is 11.9 Å². The van der Waals surface area contributed by atoms with Gasteiger partial charge in [0, 0.05) is 42.0 Å². The maximum Gasteiger partial charge on any atom is 0.337 e. The van der Waals surface area contributed by atoms with Crippen molar-refractivity contribution in [2.24, 2.45) is 0 Å². The fourth-order valence-electron chi connectivity index (χ4n) is 4.35. The number of ether oxygens (including phenoxy) is 2. The lowest BCUT2D eigenvalue weighted by Crippen LogP contribution is -2.32. The van der Waals surface area contributed by atoms with Crippen LogP contribution in [0.4, 0.5) is 5.82 Å². The number of carbonyl (C=O) groups is 2. The number of benzene rings is 1. The van der Waals surface area contributed by atoms with Gasteiger partial charge in [-0.1, -0.05) is 36.4 Å². The van der Waals surface area contributed by atoms with Crippen molar-refractivity contribution in [3.8, 4) is 0 Å². The Morgan fingerprint density at radius 2 is 1.76 bits per heavy atom. The Morgan fingerprint density at radius 3 is 2.41 bits per heavy atom. The van der Waals surface area contributed by atoms with Crippen LogP contribution in [0.2, 0.25) is 0 Å². The number of rotatable bonds is 8. The first-order valence-corrected chi connectivity index (χ1v) is 11.8. The van der Waals surface area contributed by atoms with Gasteiger partial charge in [0.05, 0.1) is 24.2 Å². The van der Waals surface area contributed by atoms with Crippen LogP contribution >= 0.6 is 0 Å². The number of esters is 2. The summed E-state index contributed by atoms with van der Waals surface area (Å²) in [6.45, 7) is 3.56. The number of nitrogen functional groups attached to an aromatic ring is 1. The summed E-state index contributed by atoms with van der Waals surface area (Å²) in [6.07, 6.45) is 9.46. The lowest BCUT2D eigenvalue weighted by atomic mass is 9.80. The van der Waals surface area contributed by atoms with Crippen molar-refractivity contribution in [2.75, 3.05) is 19.5 Å². The molecule has 0 spiro atoms. The highest BCUT2D eigenvalue weighted by atomic mass is 16.5. The van der Waals surface area contributed by atoms with Crippen LogP contribution in [0.5, 0.6) is 0 Å². The van der Waals surface area contributed by atoms with E-state index in [0.29, 0.717) is 17.0 Å². The van der Waals surface area contributed by atoms with E-state index in [1.165, 1.54) is 7.11 Å². The second-order valence-electron chi connectivity index (χ2n) is 8.56. The van der Waals surface area contributed by atoms with Gasteiger partial charge in [-0.3, -0.25) is 0 Å². The number of hydrogen-bond acceptors (Lipinski definition) is 8. The van der Waals surface area contributed by atoms with E-state index in [1.54, 1.807) is 50.6 Å².